The second-order valence-corrected chi connectivity index (χ2v) is 3.77. The summed E-state index contributed by atoms with van der Waals surface area (Å²) in [6.45, 7) is 3.85. The SMILES string of the molecule is CCCC(=O)Nc1ccnn1C1CNC1. The number of rotatable bonds is 4. The van der Waals surface area contributed by atoms with Gasteiger partial charge in [0.15, 0.2) is 0 Å². The van der Waals surface area contributed by atoms with E-state index in [-0.39, 0.29) is 5.91 Å². The number of aromatic nitrogens is 2. The predicted octanol–water partition coefficient (Wildman–Crippen LogP) is 0.766. The van der Waals surface area contributed by atoms with Crippen LogP contribution in [0, 0.1) is 0 Å². The predicted molar refractivity (Wildman–Crippen MR) is 57.7 cm³/mol. The highest BCUT2D eigenvalue weighted by molar-refractivity contribution is 5.89. The first-order valence-electron chi connectivity index (χ1n) is 5.35. The molecule has 0 aliphatic carbocycles. The van der Waals surface area contributed by atoms with Crippen LogP contribution in [0.1, 0.15) is 25.8 Å². The highest BCUT2D eigenvalue weighted by atomic mass is 16.1. The highest BCUT2D eigenvalue weighted by Crippen LogP contribution is 2.17. The van der Waals surface area contributed by atoms with Crippen molar-refractivity contribution in [1.29, 1.82) is 0 Å². The van der Waals surface area contributed by atoms with Crippen molar-refractivity contribution in [3.05, 3.63) is 12.3 Å². The third-order valence-electron chi connectivity index (χ3n) is 2.52. The molecule has 82 valence electrons. The zero-order valence-electron chi connectivity index (χ0n) is 8.86. The zero-order valence-corrected chi connectivity index (χ0v) is 8.86. The monoisotopic (exact) mass is 208 g/mol. The summed E-state index contributed by atoms with van der Waals surface area (Å²) in [5.41, 5.74) is 0. The molecule has 1 aromatic rings. The molecule has 2 rings (SSSR count). The topological polar surface area (TPSA) is 59.0 Å². The van der Waals surface area contributed by atoms with Crippen LogP contribution in [0.4, 0.5) is 5.82 Å². The average Bonchev–Trinajstić information content (AvgIpc) is 2.51. The Kier molecular flexibility index (Phi) is 3.01. The number of hydrogen-bond donors (Lipinski definition) is 2. The second kappa shape index (κ2) is 4.44. The Labute approximate surface area is 88.8 Å². The molecule has 0 aromatic carbocycles. The molecule has 0 radical (unpaired) electrons. The first kappa shape index (κ1) is 10.2. The summed E-state index contributed by atoms with van der Waals surface area (Å²) in [5.74, 6) is 0.867. The summed E-state index contributed by atoms with van der Waals surface area (Å²) in [6.07, 6.45) is 3.15. The minimum absolute atomic E-state index is 0.0616. The minimum Gasteiger partial charge on any atom is -0.312 e. The molecule has 0 spiro atoms. The van der Waals surface area contributed by atoms with Gasteiger partial charge in [0.1, 0.15) is 5.82 Å². The Morgan fingerprint density at radius 3 is 3.13 bits per heavy atom. The van der Waals surface area contributed by atoms with E-state index in [0.717, 1.165) is 25.3 Å². The molecule has 0 atom stereocenters. The van der Waals surface area contributed by atoms with Gasteiger partial charge in [0.25, 0.3) is 0 Å². The van der Waals surface area contributed by atoms with Crippen molar-refractivity contribution in [3.63, 3.8) is 0 Å². The summed E-state index contributed by atoms with van der Waals surface area (Å²) in [7, 11) is 0. The van der Waals surface area contributed by atoms with E-state index in [1.807, 2.05) is 17.7 Å². The molecule has 0 saturated carbocycles. The van der Waals surface area contributed by atoms with Crippen LogP contribution in [0.15, 0.2) is 12.3 Å². The lowest BCUT2D eigenvalue weighted by molar-refractivity contribution is -0.116. The van der Waals surface area contributed by atoms with Crippen molar-refractivity contribution in [2.75, 3.05) is 18.4 Å². The lowest BCUT2D eigenvalue weighted by Gasteiger charge is -2.28. The number of nitrogens with zero attached hydrogens (tertiary/aromatic N) is 2. The van der Waals surface area contributed by atoms with Gasteiger partial charge in [-0.05, 0) is 6.42 Å². The fraction of sp³-hybridized carbons (Fsp3) is 0.600. The standard InChI is InChI=1S/C10H16N4O/c1-2-3-10(15)13-9-4-5-12-14(9)8-6-11-7-8/h4-5,8,11H,2-3,6-7H2,1H3,(H,13,15). The Morgan fingerprint density at radius 2 is 2.53 bits per heavy atom. The molecule has 5 nitrogen and oxygen atoms in total. The van der Waals surface area contributed by atoms with E-state index < -0.39 is 0 Å². The lowest BCUT2D eigenvalue weighted by atomic mass is 10.2. The maximum absolute atomic E-state index is 11.4. The van der Waals surface area contributed by atoms with Crippen LogP contribution in [0.3, 0.4) is 0 Å². The molecule has 0 unspecified atom stereocenters. The molecule has 15 heavy (non-hydrogen) atoms. The second-order valence-electron chi connectivity index (χ2n) is 3.77. The molecular weight excluding hydrogens is 192 g/mol. The normalized spacial score (nSPS) is 16.1. The van der Waals surface area contributed by atoms with Gasteiger partial charge in [-0.25, -0.2) is 4.68 Å². The van der Waals surface area contributed by atoms with E-state index in [0.29, 0.717) is 12.5 Å². The van der Waals surface area contributed by atoms with Crippen LogP contribution in [0.2, 0.25) is 0 Å². The first-order chi connectivity index (χ1) is 7.31. The van der Waals surface area contributed by atoms with E-state index in [9.17, 15) is 4.79 Å². The van der Waals surface area contributed by atoms with E-state index in [4.69, 9.17) is 0 Å². The molecule has 1 saturated heterocycles. The van der Waals surface area contributed by atoms with Gasteiger partial charge in [-0.3, -0.25) is 4.79 Å². The van der Waals surface area contributed by atoms with Gasteiger partial charge in [-0.15, -0.1) is 0 Å². The quantitative estimate of drug-likeness (QED) is 0.768. The molecule has 2 heterocycles. The molecular formula is C10H16N4O. The number of hydrogen-bond acceptors (Lipinski definition) is 3. The van der Waals surface area contributed by atoms with Gasteiger partial charge in [0.2, 0.25) is 5.91 Å². The van der Waals surface area contributed by atoms with Crippen LogP contribution >= 0.6 is 0 Å². The number of amides is 1. The van der Waals surface area contributed by atoms with Crippen LogP contribution in [-0.2, 0) is 4.79 Å². The van der Waals surface area contributed by atoms with Crippen molar-refractivity contribution in [2.45, 2.75) is 25.8 Å². The zero-order chi connectivity index (χ0) is 10.7. The minimum atomic E-state index is 0.0616. The van der Waals surface area contributed by atoms with Crippen LogP contribution < -0.4 is 10.6 Å². The fourth-order valence-electron chi connectivity index (χ4n) is 1.58. The molecule has 1 aromatic heterocycles. The molecule has 1 aliphatic heterocycles. The van der Waals surface area contributed by atoms with Gasteiger partial charge in [-0.1, -0.05) is 6.92 Å². The molecule has 5 heteroatoms. The van der Waals surface area contributed by atoms with Crippen molar-refractivity contribution < 1.29 is 4.79 Å². The van der Waals surface area contributed by atoms with Gasteiger partial charge >= 0.3 is 0 Å². The van der Waals surface area contributed by atoms with Gasteiger partial charge < -0.3 is 10.6 Å². The summed E-state index contributed by atoms with van der Waals surface area (Å²) >= 11 is 0. The molecule has 2 N–H and O–H groups in total. The van der Waals surface area contributed by atoms with E-state index in [2.05, 4.69) is 15.7 Å². The maximum atomic E-state index is 11.4. The first-order valence-corrected chi connectivity index (χ1v) is 5.35. The Bertz CT molecular complexity index is 343. The molecule has 0 bridgehead atoms. The molecule has 1 fully saturated rings. The van der Waals surface area contributed by atoms with Gasteiger partial charge in [0, 0.05) is 25.6 Å². The van der Waals surface area contributed by atoms with Crippen LogP contribution in [0.25, 0.3) is 0 Å². The van der Waals surface area contributed by atoms with Gasteiger partial charge in [-0.2, -0.15) is 5.10 Å². The number of carbonyl (C=O) groups excluding carboxylic acids is 1. The van der Waals surface area contributed by atoms with E-state index in [1.54, 1.807) is 6.20 Å². The van der Waals surface area contributed by atoms with Crippen molar-refractivity contribution in [1.82, 2.24) is 15.1 Å². The third-order valence-corrected chi connectivity index (χ3v) is 2.52. The van der Waals surface area contributed by atoms with Crippen LogP contribution in [-0.4, -0.2) is 28.8 Å². The Morgan fingerprint density at radius 1 is 1.73 bits per heavy atom. The van der Waals surface area contributed by atoms with Crippen molar-refractivity contribution in [3.8, 4) is 0 Å². The number of carbonyl (C=O) groups is 1. The maximum Gasteiger partial charge on any atom is 0.225 e. The fourth-order valence-corrected chi connectivity index (χ4v) is 1.58. The van der Waals surface area contributed by atoms with E-state index in [1.165, 1.54) is 0 Å². The molecule has 1 aliphatic rings. The number of anilines is 1. The Hall–Kier alpha value is -1.36. The summed E-state index contributed by atoms with van der Waals surface area (Å²) in [6, 6.07) is 2.23. The van der Waals surface area contributed by atoms with Crippen molar-refractivity contribution >= 4 is 11.7 Å². The Balaban J connectivity index is 2.01. The van der Waals surface area contributed by atoms with Crippen molar-refractivity contribution in [2.24, 2.45) is 0 Å². The summed E-state index contributed by atoms with van der Waals surface area (Å²) in [5, 5.41) is 10.3. The smallest absolute Gasteiger partial charge is 0.225 e. The van der Waals surface area contributed by atoms with Gasteiger partial charge in [0.05, 0.1) is 12.2 Å². The molecule has 1 amide bonds. The highest BCUT2D eigenvalue weighted by Gasteiger charge is 2.21. The third kappa shape index (κ3) is 2.18. The summed E-state index contributed by atoms with van der Waals surface area (Å²) in [4.78, 5) is 11.4. The largest absolute Gasteiger partial charge is 0.312 e. The summed E-state index contributed by atoms with van der Waals surface area (Å²) < 4.78 is 1.88. The average molecular weight is 208 g/mol. The number of nitrogens with one attached hydrogen (secondary N) is 2. The lowest BCUT2D eigenvalue weighted by Crippen LogP contribution is -2.44. The van der Waals surface area contributed by atoms with Crippen LogP contribution in [0.5, 0.6) is 0 Å². The van der Waals surface area contributed by atoms with E-state index >= 15 is 0 Å².